The molecule has 0 saturated carbocycles. The molecular weight excluding hydrogens is 262 g/mol. The number of hydrogen-bond donors (Lipinski definition) is 0. The van der Waals surface area contributed by atoms with Crippen LogP contribution in [0.25, 0.3) is 0 Å². The van der Waals surface area contributed by atoms with E-state index in [1.54, 1.807) is 11.3 Å². The molecule has 0 bridgehead atoms. The Morgan fingerprint density at radius 1 is 1.47 bits per heavy atom. The third-order valence-electron chi connectivity index (χ3n) is 3.51. The van der Waals surface area contributed by atoms with E-state index >= 15 is 0 Å². The molecule has 19 heavy (non-hydrogen) atoms. The fraction of sp³-hybridized carbons (Fsp3) is 0.571. The van der Waals surface area contributed by atoms with Crippen LogP contribution in [0.5, 0.6) is 0 Å². The topological polar surface area (TPSA) is 46.6 Å². The highest BCUT2D eigenvalue weighted by Crippen LogP contribution is 2.21. The summed E-state index contributed by atoms with van der Waals surface area (Å²) in [6, 6.07) is 1.98. The van der Waals surface area contributed by atoms with E-state index in [1.807, 2.05) is 21.7 Å². The fourth-order valence-corrected chi connectivity index (χ4v) is 3.15. The third kappa shape index (κ3) is 3.80. The second-order valence-corrected chi connectivity index (χ2v) is 5.61. The highest BCUT2D eigenvalue weighted by atomic mass is 32.1. The second kappa shape index (κ2) is 6.70. The Balaban J connectivity index is 1.98. The van der Waals surface area contributed by atoms with Crippen molar-refractivity contribution < 1.29 is 14.3 Å². The number of likely N-dealkylation sites (tertiary alicyclic amines) is 1. The largest absolute Gasteiger partial charge is 0.469 e. The molecule has 1 unspecified atom stereocenters. The Hall–Kier alpha value is -1.36. The maximum Gasteiger partial charge on any atom is 0.307 e. The van der Waals surface area contributed by atoms with Crippen molar-refractivity contribution in [1.29, 1.82) is 0 Å². The average Bonchev–Trinajstić information content (AvgIpc) is 2.92. The SMILES string of the molecule is COC(=O)CC1CCCCN1C(=O)Cc1ccsc1. The Labute approximate surface area is 117 Å². The van der Waals surface area contributed by atoms with E-state index in [4.69, 9.17) is 4.74 Å². The van der Waals surface area contributed by atoms with Gasteiger partial charge in [-0.05, 0) is 41.7 Å². The number of amides is 1. The van der Waals surface area contributed by atoms with E-state index in [1.165, 1.54) is 7.11 Å². The number of nitrogens with zero attached hydrogens (tertiary/aromatic N) is 1. The first-order valence-electron chi connectivity index (χ1n) is 6.58. The minimum Gasteiger partial charge on any atom is -0.469 e. The summed E-state index contributed by atoms with van der Waals surface area (Å²) in [4.78, 5) is 25.6. The van der Waals surface area contributed by atoms with E-state index in [0.717, 1.165) is 31.4 Å². The molecular formula is C14H19NO3S. The zero-order chi connectivity index (χ0) is 13.7. The molecule has 1 aliphatic heterocycles. The molecule has 2 heterocycles. The number of piperidine rings is 1. The Morgan fingerprint density at radius 2 is 2.32 bits per heavy atom. The summed E-state index contributed by atoms with van der Waals surface area (Å²) in [7, 11) is 1.39. The number of hydrogen-bond acceptors (Lipinski definition) is 4. The van der Waals surface area contributed by atoms with Crippen molar-refractivity contribution in [3.05, 3.63) is 22.4 Å². The van der Waals surface area contributed by atoms with Crippen molar-refractivity contribution in [3.63, 3.8) is 0 Å². The van der Waals surface area contributed by atoms with Gasteiger partial charge in [-0.2, -0.15) is 11.3 Å². The van der Waals surface area contributed by atoms with Crippen molar-refractivity contribution in [2.24, 2.45) is 0 Å². The van der Waals surface area contributed by atoms with Crippen LogP contribution >= 0.6 is 11.3 Å². The number of rotatable bonds is 4. The van der Waals surface area contributed by atoms with Gasteiger partial charge in [-0.1, -0.05) is 0 Å². The highest BCUT2D eigenvalue weighted by Gasteiger charge is 2.28. The van der Waals surface area contributed by atoms with Gasteiger partial charge in [0.25, 0.3) is 0 Å². The molecule has 1 fully saturated rings. The van der Waals surface area contributed by atoms with Gasteiger partial charge in [-0.15, -0.1) is 0 Å². The number of carbonyl (C=O) groups is 2. The summed E-state index contributed by atoms with van der Waals surface area (Å²) in [6.07, 6.45) is 3.73. The molecule has 0 spiro atoms. The number of esters is 1. The molecule has 0 aromatic carbocycles. The molecule has 104 valence electrons. The Bertz CT molecular complexity index is 430. The number of methoxy groups -OCH3 is 1. The van der Waals surface area contributed by atoms with Crippen LogP contribution in [0.3, 0.4) is 0 Å². The van der Waals surface area contributed by atoms with Gasteiger partial charge in [-0.25, -0.2) is 0 Å². The van der Waals surface area contributed by atoms with Crippen LogP contribution in [0.15, 0.2) is 16.8 Å². The van der Waals surface area contributed by atoms with Crippen molar-refractivity contribution in [2.75, 3.05) is 13.7 Å². The average molecular weight is 281 g/mol. The van der Waals surface area contributed by atoms with Gasteiger partial charge < -0.3 is 9.64 Å². The molecule has 1 amide bonds. The quantitative estimate of drug-likeness (QED) is 0.795. The normalized spacial score (nSPS) is 19.2. The minimum atomic E-state index is -0.236. The number of carbonyl (C=O) groups excluding carboxylic acids is 2. The standard InChI is InChI=1S/C14H19NO3S/c1-18-14(17)9-12-4-2-3-6-15(12)13(16)8-11-5-7-19-10-11/h5,7,10,12H,2-4,6,8-9H2,1H3. The molecule has 0 N–H and O–H groups in total. The third-order valence-corrected chi connectivity index (χ3v) is 4.24. The first-order chi connectivity index (χ1) is 9.20. The van der Waals surface area contributed by atoms with E-state index in [2.05, 4.69) is 0 Å². The number of thiophene rings is 1. The van der Waals surface area contributed by atoms with Crippen LogP contribution in [0.4, 0.5) is 0 Å². The summed E-state index contributed by atoms with van der Waals surface area (Å²) in [5.74, 6) is -0.118. The molecule has 1 saturated heterocycles. The molecule has 1 aromatic rings. The van der Waals surface area contributed by atoms with Gasteiger partial charge in [-0.3, -0.25) is 9.59 Å². The lowest BCUT2D eigenvalue weighted by Crippen LogP contribution is -2.45. The summed E-state index contributed by atoms with van der Waals surface area (Å²) in [5, 5.41) is 3.97. The van der Waals surface area contributed by atoms with Gasteiger partial charge in [0.15, 0.2) is 0 Å². The molecule has 0 aliphatic carbocycles. The monoisotopic (exact) mass is 281 g/mol. The van der Waals surface area contributed by atoms with Crippen LogP contribution in [0.1, 0.15) is 31.2 Å². The van der Waals surface area contributed by atoms with E-state index < -0.39 is 0 Å². The lowest BCUT2D eigenvalue weighted by atomic mass is 9.98. The van der Waals surface area contributed by atoms with Crippen molar-refractivity contribution in [2.45, 2.75) is 38.1 Å². The summed E-state index contributed by atoms with van der Waals surface area (Å²) in [5.41, 5.74) is 1.05. The van der Waals surface area contributed by atoms with Gasteiger partial charge in [0.05, 0.1) is 20.0 Å². The molecule has 5 heteroatoms. The number of ether oxygens (including phenoxy) is 1. The van der Waals surface area contributed by atoms with Gasteiger partial charge in [0, 0.05) is 12.6 Å². The molecule has 2 rings (SSSR count). The maximum absolute atomic E-state index is 12.3. The Morgan fingerprint density at radius 3 is 3.00 bits per heavy atom. The maximum atomic E-state index is 12.3. The first-order valence-corrected chi connectivity index (χ1v) is 7.52. The predicted octanol–water partition coefficient (Wildman–Crippen LogP) is 2.23. The lowest BCUT2D eigenvalue weighted by molar-refractivity contribution is -0.144. The van der Waals surface area contributed by atoms with Crippen molar-refractivity contribution in [1.82, 2.24) is 4.90 Å². The zero-order valence-corrected chi connectivity index (χ0v) is 11.9. The van der Waals surface area contributed by atoms with Crippen molar-refractivity contribution in [3.8, 4) is 0 Å². The van der Waals surface area contributed by atoms with Crippen LogP contribution in [0, 0.1) is 0 Å². The first kappa shape index (κ1) is 14.1. The van der Waals surface area contributed by atoms with Crippen molar-refractivity contribution >= 4 is 23.2 Å². The van der Waals surface area contributed by atoms with E-state index in [0.29, 0.717) is 12.8 Å². The van der Waals surface area contributed by atoms with Crippen LogP contribution in [0.2, 0.25) is 0 Å². The predicted molar refractivity (Wildman–Crippen MR) is 74.0 cm³/mol. The highest BCUT2D eigenvalue weighted by molar-refractivity contribution is 7.07. The molecule has 1 aliphatic rings. The van der Waals surface area contributed by atoms with E-state index in [9.17, 15) is 9.59 Å². The van der Waals surface area contributed by atoms with Gasteiger partial charge >= 0.3 is 5.97 Å². The van der Waals surface area contributed by atoms with Crippen LogP contribution < -0.4 is 0 Å². The molecule has 1 atom stereocenters. The summed E-state index contributed by atoms with van der Waals surface area (Å²) < 4.78 is 4.71. The van der Waals surface area contributed by atoms with Gasteiger partial charge in [0.1, 0.15) is 0 Å². The van der Waals surface area contributed by atoms with Crippen LogP contribution in [-0.2, 0) is 20.7 Å². The van der Waals surface area contributed by atoms with Crippen LogP contribution in [-0.4, -0.2) is 36.5 Å². The molecule has 4 nitrogen and oxygen atoms in total. The van der Waals surface area contributed by atoms with E-state index in [-0.39, 0.29) is 17.9 Å². The Kier molecular flexibility index (Phi) is 4.96. The second-order valence-electron chi connectivity index (χ2n) is 4.83. The fourth-order valence-electron chi connectivity index (χ4n) is 2.49. The molecule has 1 aromatic heterocycles. The summed E-state index contributed by atoms with van der Waals surface area (Å²) >= 11 is 1.60. The molecule has 0 radical (unpaired) electrons. The summed E-state index contributed by atoms with van der Waals surface area (Å²) in [6.45, 7) is 0.755. The lowest BCUT2D eigenvalue weighted by Gasteiger charge is -2.35. The minimum absolute atomic E-state index is 0.00679. The smallest absolute Gasteiger partial charge is 0.307 e. The van der Waals surface area contributed by atoms with Gasteiger partial charge in [0.2, 0.25) is 5.91 Å². The zero-order valence-electron chi connectivity index (χ0n) is 11.1.